The molecule has 0 atom stereocenters. The fraction of sp³-hybridized carbons (Fsp3) is 0.286. The summed E-state index contributed by atoms with van der Waals surface area (Å²) >= 11 is 0. The number of aromatic nitrogens is 2. The zero-order valence-electron chi connectivity index (χ0n) is 19.8. The molecule has 1 N–H and O–H groups in total. The number of fused-ring (bicyclic) bond motifs is 1. The highest BCUT2D eigenvalue weighted by molar-refractivity contribution is 5.94. The molecule has 1 aromatic heterocycles. The Bertz CT molecular complexity index is 1230. The minimum absolute atomic E-state index is 0.0792. The third-order valence-corrected chi connectivity index (χ3v) is 5.73. The summed E-state index contributed by atoms with van der Waals surface area (Å²) in [5.74, 6) is 2.60. The molecule has 3 aromatic carbocycles. The van der Waals surface area contributed by atoms with E-state index >= 15 is 0 Å². The van der Waals surface area contributed by atoms with E-state index in [4.69, 9.17) is 14.5 Å². The number of carbonyl (C=O) groups excluding carboxylic acids is 1. The van der Waals surface area contributed by atoms with Crippen LogP contribution in [0.5, 0.6) is 11.5 Å². The van der Waals surface area contributed by atoms with Crippen molar-refractivity contribution in [2.75, 3.05) is 20.3 Å². The summed E-state index contributed by atoms with van der Waals surface area (Å²) < 4.78 is 13.4. The Hall–Kier alpha value is -3.80. The van der Waals surface area contributed by atoms with Gasteiger partial charge >= 0.3 is 0 Å². The third-order valence-electron chi connectivity index (χ3n) is 5.73. The molecule has 0 saturated carbocycles. The Labute approximate surface area is 200 Å². The molecule has 176 valence electrons. The van der Waals surface area contributed by atoms with Crippen LogP contribution in [0.1, 0.15) is 34.6 Å². The van der Waals surface area contributed by atoms with Gasteiger partial charge in [-0.15, -0.1) is 0 Å². The Morgan fingerprint density at radius 3 is 2.59 bits per heavy atom. The summed E-state index contributed by atoms with van der Waals surface area (Å²) in [6, 6.07) is 23.5. The molecule has 1 heterocycles. The van der Waals surface area contributed by atoms with Crippen LogP contribution < -0.4 is 14.8 Å². The zero-order chi connectivity index (χ0) is 23.8. The molecule has 0 fully saturated rings. The van der Waals surface area contributed by atoms with Crippen LogP contribution in [0.4, 0.5) is 0 Å². The van der Waals surface area contributed by atoms with Gasteiger partial charge in [0.25, 0.3) is 5.91 Å². The van der Waals surface area contributed by atoms with E-state index in [2.05, 4.69) is 35.0 Å². The normalized spacial score (nSPS) is 10.9. The van der Waals surface area contributed by atoms with Crippen molar-refractivity contribution in [3.63, 3.8) is 0 Å². The first kappa shape index (κ1) is 23.4. The number of carbonyl (C=O) groups is 1. The van der Waals surface area contributed by atoms with Gasteiger partial charge < -0.3 is 19.4 Å². The Morgan fingerprint density at radius 2 is 1.79 bits per heavy atom. The lowest BCUT2D eigenvalue weighted by atomic mass is 10.2. The number of methoxy groups -OCH3 is 1. The number of nitrogens with one attached hydrogen (secondary N) is 1. The Morgan fingerprint density at radius 1 is 0.971 bits per heavy atom. The number of imidazole rings is 1. The topological polar surface area (TPSA) is 65.4 Å². The third kappa shape index (κ3) is 5.95. The number of hydrogen-bond donors (Lipinski definition) is 1. The Kier molecular flexibility index (Phi) is 7.81. The van der Waals surface area contributed by atoms with Gasteiger partial charge in [-0.1, -0.05) is 24.3 Å². The smallest absolute Gasteiger partial charge is 0.251 e. The maximum atomic E-state index is 12.4. The van der Waals surface area contributed by atoms with Crippen LogP contribution in [-0.4, -0.2) is 35.7 Å². The first-order valence-corrected chi connectivity index (χ1v) is 11.7. The highest BCUT2D eigenvalue weighted by atomic mass is 16.5. The van der Waals surface area contributed by atoms with Crippen molar-refractivity contribution in [2.24, 2.45) is 0 Å². The number of benzene rings is 3. The van der Waals surface area contributed by atoms with Crippen molar-refractivity contribution in [1.29, 1.82) is 0 Å². The maximum absolute atomic E-state index is 12.4. The second-order valence-electron chi connectivity index (χ2n) is 8.27. The minimum atomic E-state index is -0.0792. The molecule has 0 unspecified atom stereocenters. The fourth-order valence-electron chi connectivity index (χ4n) is 3.98. The highest BCUT2D eigenvalue weighted by Crippen LogP contribution is 2.18. The fourth-order valence-corrected chi connectivity index (χ4v) is 3.98. The average molecular weight is 458 g/mol. The summed E-state index contributed by atoms with van der Waals surface area (Å²) in [5, 5.41) is 3.00. The van der Waals surface area contributed by atoms with Crippen LogP contribution in [-0.2, 0) is 13.0 Å². The van der Waals surface area contributed by atoms with Gasteiger partial charge in [-0.3, -0.25) is 4.79 Å². The molecule has 6 nitrogen and oxygen atoms in total. The van der Waals surface area contributed by atoms with Crippen LogP contribution in [0.2, 0.25) is 0 Å². The quantitative estimate of drug-likeness (QED) is 0.315. The van der Waals surface area contributed by atoms with E-state index in [1.165, 1.54) is 5.56 Å². The second-order valence-corrected chi connectivity index (χ2v) is 8.27. The molecule has 0 aliphatic heterocycles. The first-order valence-electron chi connectivity index (χ1n) is 11.7. The van der Waals surface area contributed by atoms with Crippen LogP contribution in [0, 0.1) is 6.92 Å². The van der Waals surface area contributed by atoms with Gasteiger partial charge in [0.05, 0.1) is 24.8 Å². The second kappa shape index (κ2) is 11.4. The predicted octanol–water partition coefficient (Wildman–Crippen LogP) is 5.19. The van der Waals surface area contributed by atoms with Gasteiger partial charge in [-0.25, -0.2) is 4.98 Å². The molecular weight excluding hydrogens is 426 g/mol. The van der Waals surface area contributed by atoms with Crippen LogP contribution in [0.15, 0.2) is 72.8 Å². The zero-order valence-corrected chi connectivity index (χ0v) is 19.8. The van der Waals surface area contributed by atoms with Crippen molar-refractivity contribution in [2.45, 2.75) is 32.7 Å². The molecule has 34 heavy (non-hydrogen) atoms. The van der Waals surface area contributed by atoms with Gasteiger partial charge in [0, 0.05) is 25.1 Å². The van der Waals surface area contributed by atoms with E-state index < -0.39 is 0 Å². The van der Waals surface area contributed by atoms with Crippen LogP contribution in [0.25, 0.3) is 11.0 Å². The summed E-state index contributed by atoms with van der Waals surface area (Å²) in [4.78, 5) is 17.2. The lowest BCUT2D eigenvalue weighted by Crippen LogP contribution is -2.25. The Balaban J connectivity index is 1.31. The molecule has 0 saturated heterocycles. The van der Waals surface area contributed by atoms with E-state index in [0.717, 1.165) is 54.2 Å². The molecule has 6 heteroatoms. The van der Waals surface area contributed by atoms with Gasteiger partial charge in [-0.05, 0) is 73.9 Å². The predicted molar refractivity (Wildman–Crippen MR) is 135 cm³/mol. The molecule has 4 aromatic rings. The minimum Gasteiger partial charge on any atom is -0.497 e. The number of aryl methyl sites for hydroxylation is 3. The molecule has 1 amide bonds. The molecule has 0 aliphatic carbocycles. The van der Waals surface area contributed by atoms with E-state index in [9.17, 15) is 4.79 Å². The van der Waals surface area contributed by atoms with Gasteiger partial charge in [0.2, 0.25) is 0 Å². The van der Waals surface area contributed by atoms with Crippen molar-refractivity contribution in [3.8, 4) is 11.5 Å². The number of hydrogen-bond acceptors (Lipinski definition) is 4. The van der Waals surface area contributed by atoms with E-state index in [1.54, 1.807) is 31.4 Å². The van der Waals surface area contributed by atoms with Gasteiger partial charge in [0.1, 0.15) is 17.3 Å². The molecule has 0 spiro atoms. The van der Waals surface area contributed by atoms with Gasteiger partial charge in [-0.2, -0.15) is 0 Å². The molecule has 0 bridgehead atoms. The van der Waals surface area contributed by atoms with Crippen LogP contribution >= 0.6 is 0 Å². The van der Waals surface area contributed by atoms with E-state index in [0.29, 0.717) is 18.7 Å². The largest absolute Gasteiger partial charge is 0.497 e. The van der Waals surface area contributed by atoms with Crippen molar-refractivity contribution >= 4 is 16.9 Å². The lowest BCUT2D eigenvalue weighted by Gasteiger charge is -2.11. The summed E-state index contributed by atoms with van der Waals surface area (Å²) in [6.07, 6.45) is 2.48. The van der Waals surface area contributed by atoms with Gasteiger partial charge in [0.15, 0.2) is 0 Å². The number of nitrogens with zero attached hydrogens (tertiary/aromatic N) is 2. The van der Waals surface area contributed by atoms with E-state index in [1.807, 2.05) is 30.3 Å². The standard InChI is InChI=1S/C28H31N3O3/c1-21-8-5-9-24(20-21)34-19-7-18-31-26-11-4-3-10-25(26)30-27(31)12-6-17-29-28(32)22-13-15-23(33-2)16-14-22/h3-5,8-11,13-16,20H,6-7,12,17-19H2,1-2H3,(H,29,32). The number of para-hydroxylation sites is 2. The maximum Gasteiger partial charge on any atom is 0.251 e. The number of amides is 1. The number of rotatable bonds is 11. The molecular formula is C28H31N3O3. The lowest BCUT2D eigenvalue weighted by molar-refractivity contribution is 0.0953. The SMILES string of the molecule is COc1ccc(C(=O)NCCCc2nc3ccccc3n2CCCOc2cccc(C)c2)cc1. The summed E-state index contributed by atoms with van der Waals surface area (Å²) in [6.45, 7) is 4.13. The number of ether oxygens (including phenoxy) is 2. The van der Waals surface area contributed by atoms with Crippen molar-refractivity contribution in [1.82, 2.24) is 14.9 Å². The monoisotopic (exact) mass is 457 g/mol. The van der Waals surface area contributed by atoms with Crippen molar-refractivity contribution in [3.05, 3.63) is 89.7 Å². The first-order chi connectivity index (χ1) is 16.6. The highest BCUT2D eigenvalue weighted by Gasteiger charge is 2.11. The van der Waals surface area contributed by atoms with Crippen molar-refractivity contribution < 1.29 is 14.3 Å². The average Bonchev–Trinajstić information content (AvgIpc) is 3.21. The molecule has 0 radical (unpaired) electrons. The summed E-state index contributed by atoms with van der Waals surface area (Å²) in [7, 11) is 1.61. The van der Waals surface area contributed by atoms with E-state index in [-0.39, 0.29) is 5.91 Å². The molecule has 4 rings (SSSR count). The van der Waals surface area contributed by atoms with Crippen LogP contribution in [0.3, 0.4) is 0 Å². The molecule has 0 aliphatic rings. The summed E-state index contributed by atoms with van der Waals surface area (Å²) in [5.41, 5.74) is 3.95.